The van der Waals surface area contributed by atoms with E-state index in [1.807, 2.05) is 0 Å². The third-order valence-electron chi connectivity index (χ3n) is 12.0. The quantitative estimate of drug-likeness (QED) is 0.0340. The van der Waals surface area contributed by atoms with E-state index in [9.17, 15) is 51.7 Å². The second-order valence-corrected chi connectivity index (χ2v) is 25.8. The second kappa shape index (κ2) is 64.2. The largest absolute Gasteiger partial charge is 0.397 e. The zero-order valence-electron chi connectivity index (χ0n) is 56.2. The molecule has 4 atom stereocenters. The summed E-state index contributed by atoms with van der Waals surface area (Å²) in [5, 5.41) is 2.69. The molecule has 0 heterocycles. The summed E-state index contributed by atoms with van der Waals surface area (Å²) < 4.78 is 276. The van der Waals surface area contributed by atoms with Crippen LogP contribution in [0.1, 0.15) is 77.6 Å². The van der Waals surface area contributed by atoms with Crippen molar-refractivity contribution < 1.29 is 176 Å². The van der Waals surface area contributed by atoms with Crippen LogP contribution in [-0.2, 0) is 163 Å². The van der Waals surface area contributed by atoms with Gasteiger partial charge in [0.15, 0.2) is 6.10 Å². The first kappa shape index (κ1) is 96.8. The Labute approximate surface area is 582 Å². The van der Waals surface area contributed by atoms with Crippen LogP contribution in [0.2, 0.25) is 0 Å². The number of unbranched alkanes of at least 4 members (excludes halogenated alkanes) is 5. The van der Waals surface area contributed by atoms with Crippen LogP contribution in [0.25, 0.3) is 0 Å². The van der Waals surface area contributed by atoms with Gasteiger partial charge < -0.3 is 85.8 Å². The van der Waals surface area contributed by atoms with Crippen molar-refractivity contribution in [3.05, 3.63) is 0 Å². The van der Waals surface area contributed by atoms with Gasteiger partial charge in [0.2, 0.25) is 0 Å². The third-order valence-corrected chi connectivity index (χ3v) is 14.3. The number of hydrogen-bond acceptors (Lipinski definition) is 34. The predicted octanol–water partition coefficient (Wildman–Crippen LogP) is -0.164. The lowest BCUT2D eigenvalue weighted by molar-refractivity contribution is -0.193. The van der Waals surface area contributed by atoms with Crippen molar-refractivity contribution in [3.63, 3.8) is 0 Å². The number of Topliss-reactive ketones (excluding diaryl/α,β-unsaturated/α-hetero) is 1. The fourth-order valence-electron chi connectivity index (χ4n) is 7.44. The number of rotatable bonds is 79. The van der Waals surface area contributed by atoms with Gasteiger partial charge in [0.05, 0.1) is 198 Å². The van der Waals surface area contributed by atoms with Crippen molar-refractivity contribution in [1.29, 1.82) is 0 Å². The van der Waals surface area contributed by atoms with Crippen LogP contribution >= 0.6 is 0 Å². The summed E-state index contributed by atoms with van der Waals surface area (Å²) >= 11 is 0. The van der Waals surface area contributed by atoms with Gasteiger partial charge in [-0.3, -0.25) is 32.4 Å². The molecule has 0 rings (SSSR count). The zero-order chi connectivity index (χ0) is 73.5. The maximum absolute atomic E-state index is 14.4. The van der Waals surface area contributed by atoms with E-state index in [-0.39, 0.29) is 149 Å². The molecule has 40 nitrogen and oxygen atoms in total. The molecule has 0 radical (unpaired) electrons. The summed E-state index contributed by atoms with van der Waals surface area (Å²) in [4.78, 5) is 25.2. The standard InChI is InChI=1S/C54H107NO39S5/c1-49(56)12-24-73-26-28-75-30-32-77-34-36-79-38-40-81-42-44-83-46-47-84-45-43-82-41-39-80-37-35-78-33-31-76-29-27-74-25-13-55-54(57)53(89-18-6-11-23-94-99(70,71)72)52(88-17-5-10-22-93-98(67,68)69)51(87-16-4-9-21-92-97(64,65)66)50(86-15-3-8-20-91-96(61,62)63)48-85-14-2-7-19-90-95(58,59)60/h50-53H,2-48H2,1H3,(H,55,57)(H,58,59,60)(H,61,62,63)(H,64,65,66)(H,67,68,69)(H,70,71,72)/t50-,51-,52+,53-/m1/s1. The van der Waals surface area contributed by atoms with Crippen LogP contribution in [0.5, 0.6) is 0 Å². The molecule has 0 bridgehead atoms. The maximum Gasteiger partial charge on any atom is 0.397 e. The monoisotopic (exact) mass is 1550 g/mol. The Balaban J connectivity index is 5.31. The van der Waals surface area contributed by atoms with Gasteiger partial charge in [-0.1, -0.05) is 0 Å². The lowest BCUT2D eigenvalue weighted by atomic mass is 10.0. The normalized spacial score (nSPS) is 13.8. The fourth-order valence-corrected chi connectivity index (χ4v) is 9.08. The summed E-state index contributed by atoms with van der Waals surface area (Å²) in [6, 6.07) is 0. The second-order valence-electron chi connectivity index (χ2n) is 20.3. The Morgan fingerprint density at radius 1 is 0.283 bits per heavy atom. The summed E-state index contributed by atoms with van der Waals surface area (Å²) in [6.07, 6.45) is -5.24. The topological polar surface area (TPSA) is 521 Å². The van der Waals surface area contributed by atoms with Gasteiger partial charge in [-0.2, -0.15) is 42.1 Å². The van der Waals surface area contributed by atoms with E-state index in [1.54, 1.807) is 0 Å². The predicted molar refractivity (Wildman–Crippen MR) is 342 cm³/mol. The fraction of sp³-hybridized carbons (Fsp3) is 0.963. The van der Waals surface area contributed by atoms with E-state index >= 15 is 0 Å². The van der Waals surface area contributed by atoms with E-state index in [4.69, 9.17) is 103 Å². The van der Waals surface area contributed by atoms with E-state index in [2.05, 4.69) is 26.2 Å². The molecule has 0 aliphatic carbocycles. The molecule has 0 spiro atoms. The van der Waals surface area contributed by atoms with Crippen molar-refractivity contribution in [1.82, 2.24) is 5.32 Å². The van der Waals surface area contributed by atoms with E-state index in [1.165, 1.54) is 6.92 Å². The zero-order valence-corrected chi connectivity index (χ0v) is 60.3. The summed E-state index contributed by atoms with van der Waals surface area (Å²) in [5.74, 6) is -0.746. The SMILES string of the molecule is CC(=O)CCOCCOCCOCCOCCOCCOCCOCCOCCOCCOCCOCCOCCNC(=O)[C@H](OCCCCOS(=O)(=O)O)[C@@H](OCCCCOS(=O)(=O)O)[C@H](OCCCCOS(=O)(=O)O)[C@@H](COCCCCOS(=O)(=O)O)OCCCCOS(=O)(=O)O. The lowest BCUT2D eigenvalue weighted by Gasteiger charge is -2.37. The van der Waals surface area contributed by atoms with E-state index in [0.29, 0.717) is 132 Å². The highest BCUT2D eigenvalue weighted by Crippen LogP contribution is 2.22. The Bertz CT molecular complexity index is 2490. The van der Waals surface area contributed by atoms with Crippen molar-refractivity contribution in [2.75, 3.05) is 238 Å². The molecule has 0 fully saturated rings. The summed E-state index contributed by atoms with van der Waals surface area (Å²) in [6.45, 7) is 5.76. The van der Waals surface area contributed by atoms with Crippen LogP contribution < -0.4 is 5.32 Å². The van der Waals surface area contributed by atoms with E-state index < -0.39 is 115 Å². The first-order chi connectivity index (χ1) is 47.2. The van der Waals surface area contributed by atoms with Crippen LogP contribution in [0.4, 0.5) is 0 Å². The molecule has 0 saturated heterocycles. The Morgan fingerprint density at radius 3 is 0.818 bits per heavy atom. The minimum absolute atomic E-state index is 0.0109. The average Bonchev–Trinajstić information content (AvgIpc) is 0.836. The Morgan fingerprint density at radius 2 is 0.525 bits per heavy atom. The number of carbonyl (C=O) groups excluding carboxylic acids is 2. The Hall–Kier alpha value is -2.19. The third kappa shape index (κ3) is 73.9. The van der Waals surface area contributed by atoms with Gasteiger partial charge in [0, 0.05) is 46.0 Å². The van der Waals surface area contributed by atoms with Crippen LogP contribution in [0.15, 0.2) is 0 Å². The molecule has 0 aliphatic rings. The molecule has 592 valence electrons. The molecule has 45 heteroatoms. The van der Waals surface area contributed by atoms with Crippen molar-refractivity contribution in [2.24, 2.45) is 0 Å². The van der Waals surface area contributed by atoms with Gasteiger partial charge in [0.1, 0.15) is 24.1 Å². The molecule has 0 aromatic carbocycles. The highest BCUT2D eigenvalue weighted by atomic mass is 32.3. The lowest BCUT2D eigenvalue weighted by Crippen LogP contribution is -2.56. The molecule has 0 aromatic rings. The molecule has 6 N–H and O–H groups in total. The van der Waals surface area contributed by atoms with E-state index in [0.717, 1.165) is 0 Å². The number of amides is 1. The molecule has 99 heavy (non-hydrogen) atoms. The van der Waals surface area contributed by atoms with Gasteiger partial charge in [0.25, 0.3) is 5.91 Å². The average molecular weight is 1550 g/mol. The van der Waals surface area contributed by atoms with Crippen molar-refractivity contribution in [2.45, 2.75) is 102 Å². The van der Waals surface area contributed by atoms with Gasteiger partial charge in [-0.15, -0.1) is 0 Å². The van der Waals surface area contributed by atoms with Gasteiger partial charge in [-0.05, 0) is 71.1 Å². The number of hydrogen-bond donors (Lipinski definition) is 6. The first-order valence-corrected chi connectivity index (χ1v) is 38.8. The molecule has 0 aromatic heterocycles. The van der Waals surface area contributed by atoms with Crippen LogP contribution in [-0.4, -0.2) is 339 Å². The molecule has 0 unspecified atom stereocenters. The molecule has 1 amide bonds. The molecular formula is C54H107NO39S5. The highest BCUT2D eigenvalue weighted by Gasteiger charge is 2.42. The van der Waals surface area contributed by atoms with Crippen LogP contribution in [0.3, 0.4) is 0 Å². The van der Waals surface area contributed by atoms with Gasteiger partial charge in [-0.25, -0.2) is 20.9 Å². The smallest absolute Gasteiger partial charge is 0.379 e. The van der Waals surface area contributed by atoms with Crippen LogP contribution in [0, 0.1) is 0 Å². The highest BCUT2D eigenvalue weighted by molar-refractivity contribution is 7.81. The number of carbonyl (C=O) groups is 2. The summed E-state index contributed by atoms with van der Waals surface area (Å²) in [5.41, 5.74) is 0. The minimum atomic E-state index is -4.82. The van der Waals surface area contributed by atoms with Crippen molar-refractivity contribution >= 4 is 63.7 Å². The molecule has 0 saturated carbocycles. The number of ketones is 1. The van der Waals surface area contributed by atoms with Gasteiger partial charge >= 0.3 is 52.0 Å². The maximum atomic E-state index is 14.4. The molecule has 0 aliphatic heterocycles. The first-order valence-electron chi connectivity index (χ1n) is 32.0. The minimum Gasteiger partial charge on any atom is -0.379 e. The Kier molecular flexibility index (Phi) is 62.8. The summed E-state index contributed by atoms with van der Waals surface area (Å²) in [7, 11) is -24.0. The number of ether oxygens (including phenoxy) is 17. The van der Waals surface area contributed by atoms with Crippen molar-refractivity contribution in [3.8, 4) is 0 Å². The number of nitrogens with one attached hydrogen (secondary N) is 1. The molecular weight excluding hydrogens is 1450 g/mol.